The summed E-state index contributed by atoms with van der Waals surface area (Å²) in [4.78, 5) is 31.0. The van der Waals surface area contributed by atoms with E-state index in [1.165, 1.54) is 0 Å². The van der Waals surface area contributed by atoms with E-state index in [0.717, 1.165) is 17.3 Å². The van der Waals surface area contributed by atoms with E-state index in [1.807, 2.05) is 39.8 Å². The van der Waals surface area contributed by atoms with Gasteiger partial charge in [0.05, 0.1) is 24.1 Å². The fourth-order valence-electron chi connectivity index (χ4n) is 3.87. The summed E-state index contributed by atoms with van der Waals surface area (Å²) < 4.78 is 47.8. The zero-order valence-electron chi connectivity index (χ0n) is 20.6. The van der Waals surface area contributed by atoms with Gasteiger partial charge in [0.1, 0.15) is 0 Å². The quantitative estimate of drug-likeness (QED) is 0.471. The number of carbonyl (C=O) groups excluding carboxylic acids is 2. The molecular weight excluding hydrogens is 479 g/mol. The first kappa shape index (κ1) is 26.8. The average Bonchev–Trinajstić information content (AvgIpc) is 3.13. The summed E-state index contributed by atoms with van der Waals surface area (Å²) in [6.07, 6.45) is -5.57. The number of fused-ring (bicyclic) bond motifs is 1. The number of nitrogens with zero attached hydrogens (tertiary/aromatic N) is 2. The molecule has 0 unspecified atom stereocenters. The van der Waals surface area contributed by atoms with Crippen LogP contribution in [0, 0.1) is 0 Å². The number of benzene rings is 1. The standard InChI is InChI=1S/C25H30F3N3O3S/c1-13(2)16-7-9-17(10-8-16)21-20(23(33)34-15(5)6)22(25(26,27)28)30-24-31(21)18(12-35-24)11-19(32)29-14(3)4/h7-10,12-15,21H,11H2,1-6H3,(H,29,32)/t21-/m0/s1. The Kier molecular flexibility index (Phi) is 8.03. The molecule has 0 aliphatic carbocycles. The van der Waals surface area contributed by atoms with E-state index in [2.05, 4.69) is 10.3 Å². The van der Waals surface area contributed by atoms with Crippen LogP contribution in [-0.4, -0.2) is 40.3 Å². The van der Waals surface area contributed by atoms with Gasteiger partial charge < -0.3 is 15.0 Å². The van der Waals surface area contributed by atoms with Crippen LogP contribution in [0.1, 0.15) is 71.0 Å². The van der Waals surface area contributed by atoms with E-state index >= 15 is 0 Å². The Morgan fingerprint density at radius 2 is 1.74 bits per heavy atom. The summed E-state index contributed by atoms with van der Waals surface area (Å²) in [5.74, 6) is -1.15. The minimum absolute atomic E-state index is 0.0590. The number of hydrogen-bond donors (Lipinski definition) is 1. The molecule has 0 radical (unpaired) electrons. The first-order valence-corrected chi connectivity index (χ1v) is 12.3. The van der Waals surface area contributed by atoms with Crippen molar-refractivity contribution in [1.29, 1.82) is 0 Å². The van der Waals surface area contributed by atoms with Gasteiger partial charge in [0, 0.05) is 11.7 Å². The van der Waals surface area contributed by atoms with Gasteiger partial charge in [-0.2, -0.15) is 13.2 Å². The zero-order valence-corrected chi connectivity index (χ0v) is 21.4. The van der Waals surface area contributed by atoms with Crippen molar-refractivity contribution < 1.29 is 27.5 Å². The van der Waals surface area contributed by atoms with Crippen LogP contribution in [-0.2, 0) is 14.3 Å². The Morgan fingerprint density at radius 1 is 1.11 bits per heavy atom. The number of amidine groups is 1. The molecule has 0 aromatic heterocycles. The molecule has 1 aromatic rings. The molecule has 1 N–H and O–H groups in total. The first-order valence-electron chi connectivity index (χ1n) is 11.4. The second kappa shape index (κ2) is 10.5. The topological polar surface area (TPSA) is 71.0 Å². The van der Waals surface area contributed by atoms with E-state index in [4.69, 9.17) is 4.74 Å². The molecule has 1 aromatic carbocycles. The van der Waals surface area contributed by atoms with E-state index in [-0.39, 0.29) is 29.5 Å². The van der Waals surface area contributed by atoms with Gasteiger partial charge >= 0.3 is 12.1 Å². The van der Waals surface area contributed by atoms with Crippen molar-refractivity contribution in [3.05, 3.63) is 57.8 Å². The number of rotatable bonds is 7. The molecule has 190 valence electrons. The van der Waals surface area contributed by atoms with Crippen molar-refractivity contribution in [2.75, 3.05) is 0 Å². The number of ether oxygens (including phenoxy) is 1. The van der Waals surface area contributed by atoms with E-state index in [9.17, 15) is 22.8 Å². The molecule has 0 spiro atoms. The molecular formula is C25H30F3N3O3S. The first-order chi connectivity index (χ1) is 16.3. The Bertz CT molecular complexity index is 1070. The maximum atomic E-state index is 14.2. The monoisotopic (exact) mass is 509 g/mol. The summed E-state index contributed by atoms with van der Waals surface area (Å²) in [7, 11) is 0. The lowest BCUT2D eigenvalue weighted by Gasteiger charge is -2.37. The number of nitrogens with one attached hydrogen (secondary N) is 1. The van der Waals surface area contributed by atoms with Gasteiger partial charge in [0.2, 0.25) is 5.91 Å². The largest absolute Gasteiger partial charge is 0.459 e. The Morgan fingerprint density at radius 3 is 2.26 bits per heavy atom. The SMILES string of the molecule is CC(C)NC(=O)CC1=CSC2=NC(C(F)(F)F)=C(C(=O)OC(C)C)[C@H](c3ccc(C(C)C)cc3)N12. The Hall–Kier alpha value is -2.75. The molecule has 3 rings (SSSR count). The van der Waals surface area contributed by atoms with Crippen molar-refractivity contribution in [1.82, 2.24) is 10.2 Å². The van der Waals surface area contributed by atoms with Gasteiger partial charge in [-0.1, -0.05) is 49.9 Å². The average molecular weight is 510 g/mol. The zero-order chi connectivity index (χ0) is 26.1. The highest BCUT2D eigenvalue weighted by molar-refractivity contribution is 8.16. The van der Waals surface area contributed by atoms with Crippen LogP contribution in [0.25, 0.3) is 0 Å². The van der Waals surface area contributed by atoms with Gasteiger partial charge in [0.25, 0.3) is 0 Å². The van der Waals surface area contributed by atoms with Crippen molar-refractivity contribution in [2.45, 2.75) is 78.2 Å². The maximum absolute atomic E-state index is 14.2. The third kappa shape index (κ3) is 6.09. The van der Waals surface area contributed by atoms with Crippen LogP contribution in [0.3, 0.4) is 0 Å². The molecule has 6 nitrogen and oxygen atoms in total. The fraction of sp³-hybridized carbons (Fsp3) is 0.480. The van der Waals surface area contributed by atoms with Gasteiger partial charge in [-0.15, -0.1) is 0 Å². The normalized spacial score (nSPS) is 18.2. The van der Waals surface area contributed by atoms with Crippen LogP contribution >= 0.6 is 11.8 Å². The molecule has 1 amide bonds. The Labute approximate surface area is 207 Å². The summed E-state index contributed by atoms with van der Waals surface area (Å²) in [5.41, 5.74) is 0.0662. The lowest BCUT2D eigenvalue weighted by molar-refractivity contribution is -0.144. The number of carbonyl (C=O) groups is 2. The van der Waals surface area contributed by atoms with Gasteiger partial charge in [-0.05, 0) is 50.1 Å². The number of amides is 1. The Balaban J connectivity index is 2.17. The number of thioether (sulfide) groups is 1. The van der Waals surface area contributed by atoms with Crippen molar-refractivity contribution in [3.63, 3.8) is 0 Å². The number of esters is 1. The predicted molar refractivity (Wildman–Crippen MR) is 130 cm³/mol. The van der Waals surface area contributed by atoms with Gasteiger partial charge in [-0.25, -0.2) is 9.79 Å². The van der Waals surface area contributed by atoms with Crippen molar-refractivity contribution in [2.24, 2.45) is 4.99 Å². The highest BCUT2D eigenvalue weighted by Gasteiger charge is 2.49. The van der Waals surface area contributed by atoms with Gasteiger partial charge in [-0.3, -0.25) is 4.79 Å². The van der Waals surface area contributed by atoms with Gasteiger partial charge in [0.15, 0.2) is 10.9 Å². The highest BCUT2D eigenvalue weighted by atomic mass is 32.2. The molecule has 0 fully saturated rings. The molecule has 0 saturated carbocycles. The van der Waals surface area contributed by atoms with Crippen molar-refractivity contribution >= 4 is 28.8 Å². The third-order valence-corrected chi connectivity index (χ3v) is 6.24. The van der Waals surface area contributed by atoms with E-state index in [1.54, 1.807) is 36.3 Å². The van der Waals surface area contributed by atoms with Crippen molar-refractivity contribution in [3.8, 4) is 0 Å². The molecule has 10 heteroatoms. The van der Waals surface area contributed by atoms with Crippen LogP contribution < -0.4 is 5.32 Å². The molecule has 2 aliphatic rings. The number of alkyl halides is 3. The lowest BCUT2D eigenvalue weighted by atomic mass is 9.91. The maximum Gasteiger partial charge on any atom is 0.434 e. The lowest BCUT2D eigenvalue weighted by Crippen LogP contribution is -2.40. The van der Waals surface area contributed by atoms with Crippen LogP contribution in [0.15, 0.2) is 51.6 Å². The summed E-state index contributed by atoms with van der Waals surface area (Å²) in [6.45, 7) is 10.8. The number of allylic oxidation sites excluding steroid dienone is 1. The predicted octanol–water partition coefficient (Wildman–Crippen LogP) is 5.79. The molecule has 0 saturated heterocycles. The molecule has 2 aliphatic heterocycles. The molecule has 35 heavy (non-hydrogen) atoms. The molecule has 2 heterocycles. The van der Waals surface area contributed by atoms with Crippen LogP contribution in [0.4, 0.5) is 13.2 Å². The second-order valence-corrected chi connectivity index (χ2v) is 10.2. The minimum Gasteiger partial charge on any atom is -0.459 e. The van der Waals surface area contributed by atoms with E-state index < -0.39 is 35.6 Å². The molecule has 1 atom stereocenters. The number of halogens is 3. The minimum atomic E-state index is -4.88. The fourth-order valence-corrected chi connectivity index (χ4v) is 4.79. The van der Waals surface area contributed by atoms with E-state index in [0.29, 0.717) is 11.3 Å². The summed E-state index contributed by atoms with van der Waals surface area (Å²) in [6, 6.07) is 5.85. The van der Waals surface area contributed by atoms with Crippen LogP contribution in [0.5, 0.6) is 0 Å². The summed E-state index contributed by atoms with van der Waals surface area (Å²) >= 11 is 0.997. The van der Waals surface area contributed by atoms with Crippen LogP contribution in [0.2, 0.25) is 0 Å². The highest BCUT2D eigenvalue weighted by Crippen LogP contribution is 2.48. The number of hydrogen-bond acceptors (Lipinski definition) is 6. The number of aliphatic imine (C=N–C) groups is 1. The summed E-state index contributed by atoms with van der Waals surface area (Å²) in [5, 5.41) is 4.46. The smallest absolute Gasteiger partial charge is 0.434 e. The second-order valence-electron chi connectivity index (χ2n) is 9.33. The molecule has 0 bridgehead atoms. The third-order valence-electron chi connectivity index (χ3n) is 5.35.